The number of aliphatic hydroxyl groups is 1. The SMILES string of the molecule is C=C(/N=C(\C=C/C)c1ccn(C(CO)c2cc(Cl)cc(Cl)c2)c(=O)c1)NC1CCOCC1. The van der Waals surface area contributed by atoms with Crippen molar-refractivity contribution in [1.82, 2.24) is 9.88 Å². The Morgan fingerprint density at radius 1 is 1.31 bits per heavy atom. The van der Waals surface area contributed by atoms with E-state index in [4.69, 9.17) is 27.9 Å². The van der Waals surface area contributed by atoms with Gasteiger partial charge in [0.05, 0.1) is 18.4 Å². The molecule has 1 saturated heterocycles. The minimum atomic E-state index is -0.611. The van der Waals surface area contributed by atoms with Crippen LogP contribution in [0.3, 0.4) is 0 Å². The maximum Gasteiger partial charge on any atom is 0.251 e. The third kappa shape index (κ3) is 6.33. The molecular weight excluding hydrogens is 449 g/mol. The zero-order valence-electron chi connectivity index (χ0n) is 17.9. The summed E-state index contributed by atoms with van der Waals surface area (Å²) >= 11 is 12.2. The molecule has 170 valence electrons. The molecular formula is C24H27Cl2N3O3. The average molecular weight is 476 g/mol. The van der Waals surface area contributed by atoms with Crippen LogP contribution in [0.1, 0.15) is 36.9 Å². The number of aliphatic hydroxyl groups excluding tert-OH is 1. The molecule has 2 aromatic rings. The molecule has 1 atom stereocenters. The fourth-order valence-electron chi connectivity index (χ4n) is 3.64. The zero-order valence-corrected chi connectivity index (χ0v) is 19.4. The average Bonchev–Trinajstić information content (AvgIpc) is 2.75. The predicted molar refractivity (Wildman–Crippen MR) is 130 cm³/mol. The highest BCUT2D eigenvalue weighted by atomic mass is 35.5. The monoisotopic (exact) mass is 475 g/mol. The number of nitrogens with zero attached hydrogens (tertiary/aromatic N) is 2. The Kier molecular flexibility index (Phi) is 8.70. The number of halogens is 2. The summed E-state index contributed by atoms with van der Waals surface area (Å²) in [6, 6.07) is 7.93. The zero-order chi connectivity index (χ0) is 23.1. The van der Waals surface area contributed by atoms with Gasteiger partial charge in [-0.25, -0.2) is 4.99 Å². The first-order valence-electron chi connectivity index (χ1n) is 10.4. The van der Waals surface area contributed by atoms with Crippen molar-refractivity contribution in [3.63, 3.8) is 0 Å². The van der Waals surface area contributed by atoms with Gasteiger partial charge < -0.3 is 19.7 Å². The normalized spacial score (nSPS) is 16.3. The number of aromatic nitrogens is 1. The maximum atomic E-state index is 12.9. The summed E-state index contributed by atoms with van der Waals surface area (Å²) in [5.74, 6) is 0.538. The number of benzene rings is 1. The molecule has 1 fully saturated rings. The minimum absolute atomic E-state index is 0.273. The number of hydrogen-bond donors (Lipinski definition) is 2. The van der Waals surface area contributed by atoms with E-state index in [0.717, 1.165) is 26.1 Å². The number of rotatable bonds is 8. The van der Waals surface area contributed by atoms with Gasteiger partial charge in [-0.1, -0.05) is 35.9 Å². The first-order valence-corrected chi connectivity index (χ1v) is 11.2. The van der Waals surface area contributed by atoms with Crippen LogP contribution in [0.4, 0.5) is 0 Å². The van der Waals surface area contributed by atoms with Gasteiger partial charge in [0, 0.05) is 47.1 Å². The largest absolute Gasteiger partial charge is 0.394 e. The summed E-state index contributed by atoms with van der Waals surface area (Å²) in [6.07, 6.45) is 7.13. The molecule has 1 aromatic carbocycles. The van der Waals surface area contributed by atoms with Crippen molar-refractivity contribution >= 4 is 28.9 Å². The smallest absolute Gasteiger partial charge is 0.251 e. The van der Waals surface area contributed by atoms with Crippen LogP contribution < -0.4 is 10.9 Å². The molecule has 32 heavy (non-hydrogen) atoms. The molecule has 2 heterocycles. The summed E-state index contributed by atoms with van der Waals surface area (Å²) in [7, 11) is 0. The van der Waals surface area contributed by atoms with E-state index >= 15 is 0 Å². The third-order valence-corrected chi connectivity index (χ3v) is 5.63. The number of allylic oxidation sites excluding steroid dienone is 2. The highest BCUT2D eigenvalue weighted by Gasteiger charge is 2.17. The van der Waals surface area contributed by atoms with Crippen LogP contribution >= 0.6 is 23.2 Å². The van der Waals surface area contributed by atoms with Gasteiger partial charge in [0.15, 0.2) is 0 Å². The molecule has 0 radical (unpaired) electrons. The van der Waals surface area contributed by atoms with E-state index in [1.54, 1.807) is 30.5 Å². The first-order chi connectivity index (χ1) is 15.4. The lowest BCUT2D eigenvalue weighted by atomic mass is 10.1. The Balaban J connectivity index is 1.87. The van der Waals surface area contributed by atoms with Crippen molar-refractivity contribution in [2.24, 2.45) is 4.99 Å². The molecule has 2 N–H and O–H groups in total. The molecule has 1 aromatic heterocycles. The molecule has 0 saturated carbocycles. The molecule has 1 aliphatic heterocycles. The lowest BCUT2D eigenvalue weighted by molar-refractivity contribution is 0.0803. The summed E-state index contributed by atoms with van der Waals surface area (Å²) in [5.41, 5.74) is 1.64. The Morgan fingerprint density at radius 2 is 2.00 bits per heavy atom. The summed E-state index contributed by atoms with van der Waals surface area (Å²) in [4.78, 5) is 17.5. The van der Waals surface area contributed by atoms with E-state index in [1.165, 1.54) is 10.6 Å². The van der Waals surface area contributed by atoms with Gasteiger partial charge in [-0.05, 0) is 55.7 Å². The van der Waals surface area contributed by atoms with Crippen molar-refractivity contribution < 1.29 is 9.84 Å². The van der Waals surface area contributed by atoms with Crippen LogP contribution in [0, 0.1) is 0 Å². The van der Waals surface area contributed by atoms with Gasteiger partial charge in [-0.15, -0.1) is 0 Å². The van der Waals surface area contributed by atoms with Crippen LogP contribution in [0.15, 0.2) is 70.9 Å². The molecule has 0 bridgehead atoms. The third-order valence-electron chi connectivity index (χ3n) is 5.19. The number of ether oxygens (including phenoxy) is 1. The lowest BCUT2D eigenvalue weighted by Crippen LogP contribution is -2.33. The second kappa shape index (κ2) is 11.5. The summed E-state index contributed by atoms with van der Waals surface area (Å²) in [5, 5.41) is 14.2. The fraction of sp³-hybridized carbons (Fsp3) is 0.333. The van der Waals surface area contributed by atoms with E-state index < -0.39 is 6.04 Å². The van der Waals surface area contributed by atoms with Gasteiger partial charge in [-0.3, -0.25) is 4.79 Å². The highest BCUT2D eigenvalue weighted by molar-refractivity contribution is 6.34. The van der Waals surface area contributed by atoms with Crippen molar-refractivity contribution in [2.45, 2.75) is 31.8 Å². The number of hydrogen-bond acceptors (Lipinski definition) is 5. The quantitative estimate of drug-likeness (QED) is 0.556. The van der Waals surface area contributed by atoms with Gasteiger partial charge in [0.25, 0.3) is 5.56 Å². The number of pyridine rings is 1. The van der Waals surface area contributed by atoms with Gasteiger partial charge in [0.2, 0.25) is 0 Å². The Bertz CT molecular complexity index is 1050. The number of nitrogens with one attached hydrogen (secondary N) is 1. The topological polar surface area (TPSA) is 75.8 Å². The molecule has 1 aliphatic rings. The van der Waals surface area contributed by atoms with Crippen LogP contribution in [0.5, 0.6) is 0 Å². The van der Waals surface area contributed by atoms with E-state index in [1.807, 2.05) is 19.1 Å². The molecule has 6 nitrogen and oxygen atoms in total. The molecule has 1 unspecified atom stereocenters. The highest BCUT2D eigenvalue weighted by Crippen LogP contribution is 2.25. The Labute approximate surface area is 197 Å². The second-order valence-corrected chi connectivity index (χ2v) is 8.41. The van der Waals surface area contributed by atoms with Crippen molar-refractivity contribution in [3.8, 4) is 0 Å². The van der Waals surface area contributed by atoms with E-state index in [-0.39, 0.29) is 18.2 Å². The van der Waals surface area contributed by atoms with Crippen LogP contribution in [0.25, 0.3) is 0 Å². The van der Waals surface area contributed by atoms with Crippen LogP contribution in [-0.2, 0) is 4.74 Å². The Morgan fingerprint density at radius 3 is 2.59 bits per heavy atom. The van der Waals surface area contributed by atoms with E-state index in [0.29, 0.717) is 32.7 Å². The van der Waals surface area contributed by atoms with E-state index in [9.17, 15) is 9.90 Å². The second-order valence-electron chi connectivity index (χ2n) is 7.54. The van der Waals surface area contributed by atoms with Crippen LogP contribution in [0.2, 0.25) is 10.0 Å². The Hall–Kier alpha value is -2.38. The standard InChI is InChI=1S/C24H27Cl2N3O3/c1-3-4-22(28-16(2)27-21-6-9-32-10-7-21)17-5-8-29(24(31)13-17)23(15-30)18-11-19(25)14-20(26)12-18/h3-5,8,11-14,21,23,27,30H,2,6-7,9-10,15H2,1H3/b4-3-,28-22+. The molecule has 0 amide bonds. The van der Waals surface area contributed by atoms with Crippen molar-refractivity contribution in [1.29, 1.82) is 0 Å². The van der Waals surface area contributed by atoms with Crippen molar-refractivity contribution in [2.75, 3.05) is 19.8 Å². The van der Waals surface area contributed by atoms with Crippen LogP contribution in [-0.4, -0.2) is 41.2 Å². The summed E-state index contributed by atoms with van der Waals surface area (Å²) in [6.45, 7) is 7.07. The predicted octanol–water partition coefficient (Wildman–Crippen LogP) is 4.34. The van der Waals surface area contributed by atoms with Gasteiger partial charge >= 0.3 is 0 Å². The summed E-state index contributed by atoms with van der Waals surface area (Å²) < 4.78 is 6.83. The maximum absolute atomic E-state index is 12.9. The molecule has 8 heteroatoms. The lowest BCUT2D eigenvalue weighted by Gasteiger charge is -2.24. The molecule has 3 rings (SSSR count). The van der Waals surface area contributed by atoms with Gasteiger partial charge in [0.1, 0.15) is 5.82 Å². The minimum Gasteiger partial charge on any atom is -0.394 e. The van der Waals surface area contributed by atoms with Crippen molar-refractivity contribution in [3.05, 3.63) is 92.6 Å². The fourth-order valence-corrected chi connectivity index (χ4v) is 4.18. The van der Waals surface area contributed by atoms with Gasteiger partial charge in [-0.2, -0.15) is 0 Å². The van der Waals surface area contributed by atoms with E-state index in [2.05, 4.69) is 16.9 Å². The molecule has 0 spiro atoms. The first kappa shape index (κ1) is 24.3. The number of aliphatic imine (C=N–C) groups is 1. The molecule has 0 aliphatic carbocycles.